The Morgan fingerprint density at radius 3 is 2.26 bits per heavy atom. The summed E-state index contributed by atoms with van der Waals surface area (Å²) in [5.41, 5.74) is -0.627. The third-order valence-corrected chi connectivity index (χ3v) is 5.01. The number of aromatic nitrogens is 1. The maximum absolute atomic E-state index is 13.1. The van der Waals surface area contributed by atoms with Gasteiger partial charge in [-0.2, -0.15) is 13.2 Å². The molecule has 0 aliphatic heterocycles. The number of methoxy groups -OCH3 is 1. The van der Waals surface area contributed by atoms with Crippen molar-refractivity contribution in [2.45, 2.75) is 19.0 Å². The topological polar surface area (TPSA) is 102 Å². The summed E-state index contributed by atoms with van der Waals surface area (Å²) in [6, 6.07) is 11.8. The summed E-state index contributed by atoms with van der Waals surface area (Å²) in [5, 5.41) is 7.65. The number of anilines is 3. The number of carbonyl (C=O) groups is 2. The molecule has 35 heavy (non-hydrogen) atoms. The number of hydrogen-bond acceptors (Lipinski definition) is 5. The van der Waals surface area contributed by atoms with Crippen molar-refractivity contribution in [3.8, 4) is 17.2 Å². The Balaban J connectivity index is 1.35. The van der Waals surface area contributed by atoms with Crippen molar-refractivity contribution in [2.24, 2.45) is 5.92 Å². The van der Waals surface area contributed by atoms with Crippen LogP contribution < -0.4 is 25.4 Å². The normalized spacial score (nSPS) is 13.0. The van der Waals surface area contributed by atoms with E-state index in [1.807, 2.05) is 0 Å². The smallest absolute Gasteiger partial charge is 0.416 e. The molecular weight excluding hydrogens is 465 g/mol. The van der Waals surface area contributed by atoms with Gasteiger partial charge in [0.25, 0.3) is 0 Å². The summed E-state index contributed by atoms with van der Waals surface area (Å²) >= 11 is 0. The number of halogens is 3. The van der Waals surface area contributed by atoms with Crippen molar-refractivity contribution < 1.29 is 32.2 Å². The lowest BCUT2D eigenvalue weighted by Gasteiger charge is -2.13. The molecule has 0 unspecified atom stereocenters. The summed E-state index contributed by atoms with van der Waals surface area (Å²) in [5.74, 6) is 1.26. The molecule has 1 aliphatic carbocycles. The van der Waals surface area contributed by atoms with E-state index >= 15 is 0 Å². The minimum Gasteiger partial charge on any atom is -0.497 e. The van der Waals surface area contributed by atoms with Crippen molar-refractivity contribution >= 4 is 29.1 Å². The van der Waals surface area contributed by atoms with E-state index < -0.39 is 17.8 Å². The largest absolute Gasteiger partial charge is 0.497 e. The van der Waals surface area contributed by atoms with Crippen LogP contribution in [0, 0.1) is 5.92 Å². The second-order valence-electron chi connectivity index (χ2n) is 7.79. The summed E-state index contributed by atoms with van der Waals surface area (Å²) in [4.78, 5) is 28.3. The molecule has 3 amide bonds. The lowest BCUT2D eigenvalue weighted by molar-refractivity contribution is -0.137. The Hall–Kier alpha value is -4.28. The molecule has 0 radical (unpaired) electrons. The lowest BCUT2D eigenvalue weighted by atomic mass is 10.2. The first kappa shape index (κ1) is 23.9. The Labute approximate surface area is 198 Å². The van der Waals surface area contributed by atoms with E-state index in [1.54, 1.807) is 36.4 Å². The van der Waals surface area contributed by atoms with Crippen molar-refractivity contribution in [1.29, 1.82) is 0 Å². The number of hydrogen-bond donors (Lipinski definition) is 3. The third kappa shape index (κ3) is 6.62. The summed E-state index contributed by atoms with van der Waals surface area (Å²) in [7, 11) is 1.24. The monoisotopic (exact) mass is 486 g/mol. The fourth-order valence-electron chi connectivity index (χ4n) is 3.11. The SMILES string of the molecule is COc1cc(NC(=O)Nc2ccc(Oc3ccnc(NC(=O)C4CC4)c3)cc2)cc(C(F)(F)F)c1. The van der Waals surface area contributed by atoms with Gasteiger partial charge in [-0.25, -0.2) is 9.78 Å². The molecule has 3 aromatic rings. The van der Waals surface area contributed by atoms with Crippen molar-refractivity contribution in [1.82, 2.24) is 4.98 Å². The number of carbonyl (C=O) groups excluding carboxylic acids is 2. The van der Waals surface area contributed by atoms with E-state index in [4.69, 9.17) is 9.47 Å². The summed E-state index contributed by atoms with van der Waals surface area (Å²) in [6.07, 6.45) is -1.31. The minimum atomic E-state index is -4.59. The van der Waals surface area contributed by atoms with Crippen molar-refractivity contribution in [3.05, 3.63) is 66.4 Å². The van der Waals surface area contributed by atoms with Crippen molar-refractivity contribution in [2.75, 3.05) is 23.1 Å². The van der Waals surface area contributed by atoms with Crippen LogP contribution in [-0.2, 0) is 11.0 Å². The predicted molar refractivity (Wildman–Crippen MR) is 123 cm³/mol. The molecule has 1 heterocycles. The zero-order valence-corrected chi connectivity index (χ0v) is 18.5. The van der Waals surface area contributed by atoms with Gasteiger partial charge in [-0.3, -0.25) is 4.79 Å². The molecule has 0 bridgehead atoms. The van der Waals surface area contributed by atoms with Gasteiger partial charge in [-0.05, 0) is 55.3 Å². The maximum Gasteiger partial charge on any atom is 0.416 e. The van der Waals surface area contributed by atoms with Gasteiger partial charge in [-0.15, -0.1) is 0 Å². The van der Waals surface area contributed by atoms with Gasteiger partial charge in [0.2, 0.25) is 5.91 Å². The summed E-state index contributed by atoms with van der Waals surface area (Å²) in [6.45, 7) is 0. The van der Waals surface area contributed by atoms with Crippen LogP contribution in [0.1, 0.15) is 18.4 Å². The number of amides is 3. The Morgan fingerprint density at radius 2 is 1.60 bits per heavy atom. The highest BCUT2D eigenvalue weighted by atomic mass is 19.4. The highest BCUT2D eigenvalue weighted by molar-refractivity contribution is 6.00. The first-order valence-corrected chi connectivity index (χ1v) is 10.6. The molecule has 11 heteroatoms. The van der Waals surface area contributed by atoms with Crippen LogP contribution in [-0.4, -0.2) is 24.0 Å². The molecule has 2 aromatic carbocycles. The number of urea groups is 1. The zero-order valence-electron chi connectivity index (χ0n) is 18.5. The number of rotatable bonds is 7. The molecule has 8 nitrogen and oxygen atoms in total. The van der Waals surface area contributed by atoms with E-state index in [9.17, 15) is 22.8 Å². The van der Waals surface area contributed by atoms with Crippen LogP contribution in [0.2, 0.25) is 0 Å². The fraction of sp³-hybridized carbons (Fsp3) is 0.208. The van der Waals surface area contributed by atoms with E-state index in [0.29, 0.717) is 23.0 Å². The lowest BCUT2D eigenvalue weighted by Crippen LogP contribution is -2.20. The van der Waals surface area contributed by atoms with Crippen molar-refractivity contribution in [3.63, 3.8) is 0 Å². The third-order valence-electron chi connectivity index (χ3n) is 5.01. The second-order valence-corrected chi connectivity index (χ2v) is 7.79. The van der Waals surface area contributed by atoms with E-state index in [0.717, 1.165) is 25.0 Å². The van der Waals surface area contributed by atoms with Gasteiger partial charge in [0.1, 0.15) is 23.1 Å². The van der Waals surface area contributed by atoms with Crippen LogP contribution in [0.5, 0.6) is 17.2 Å². The molecule has 1 fully saturated rings. The molecule has 1 aliphatic rings. The molecule has 1 saturated carbocycles. The number of pyridine rings is 1. The quantitative estimate of drug-likeness (QED) is 0.386. The number of nitrogens with zero attached hydrogens (tertiary/aromatic N) is 1. The molecule has 182 valence electrons. The van der Waals surface area contributed by atoms with E-state index in [1.165, 1.54) is 19.4 Å². The van der Waals surface area contributed by atoms with Gasteiger partial charge < -0.3 is 25.4 Å². The standard InChI is InChI=1S/C24H21F3N4O4/c1-34-20-11-15(24(25,26)27)10-17(12-20)30-23(33)29-16-4-6-18(7-5-16)35-19-8-9-28-21(13-19)31-22(32)14-2-3-14/h4-14H,2-3H2,1H3,(H,28,31,32)(H2,29,30,33). The molecule has 0 spiro atoms. The number of alkyl halides is 3. The average Bonchev–Trinajstić information content (AvgIpc) is 3.65. The zero-order chi connectivity index (χ0) is 25.0. The van der Waals surface area contributed by atoms with Gasteiger partial charge in [-0.1, -0.05) is 0 Å². The second kappa shape index (κ2) is 9.92. The minimum absolute atomic E-state index is 0.0389. The first-order chi connectivity index (χ1) is 16.7. The van der Waals surface area contributed by atoms with Gasteiger partial charge in [0.05, 0.1) is 12.7 Å². The van der Waals surface area contributed by atoms with E-state index in [2.05, 4.69) is 20.9 Å². The number of ether oxygens (including phenoxy) is 2. The highest BCUT2D eigenvalue weighted by Crippen LogP contribution is 2.34. The Morgan fingerprint density at radius 1 is 0.886 bits per heavy atom. The molecule has 1 aromatic heterocycles. The maximum atomic E-state index is 13.1. The fourth-order valence-corrected chi connectivity index (χ4v) is 3.11. The van der Waals surface area contributed by atoms with Crippen LogP contribution in [0.4, 0.5) is 35.2 Å². The predicted octanol–water partition coefficient (Wildman–Crippen LogP) is 5.89. The highest BCUT2D eigenvalue weighted by Gasteiger charge is 2.32. The summed E-state index contributed by atoms with van der Waals surface area (Å²) < 4.78 is 49.8. The Kier molecular flexibility index (Phi) is 6.76. The van der Waals surface area contributed by atoms with Crippen LogP contribution in [0.15, 0.2) is 60.8 Å². The van der Waals surface area contributed by atoms with E-state index in [-0.39, 0.29) is 23.3 Å². The number of nitrogens with one attached hydrogen (secondary N) is 3. The van der Waals surface area contributed by atoms with Gasteiger partial charge in [0.15, 0.2) is 0 Å². The molecule has 3 N–H and O–H groups in total. The number of benzene rings is 2. The van der Waals surface area contributed by atoms with Gasteiger partial charge in [0, 0.05) is 35.6 Å². The molecule has 0 atom stereocenters. The van der Waals surface area contributed by atoms with Crippen LogP contribution in [0.25, 0.3) is 0 Å². The van der Waals surface area contributed by atoms with Gasteiger partial charge >= 0.3 is 12.2 Å². The Bertz CT molecular complexity index is 1230. The molecule has 4 rings (SSSR count). The molecule has 0 saturated heterocycles. The average molecular weight is 486 g/mol. The van der Waals surface area contributed by atoms with Crippen LogP contribution >= 0.6 is 0 Å². The van der Waals surface area contributed by atoms with Crippen LogP contribution in [0.3, 0.4) is 0 Å². The molecular formula is C24H21F3N4O4. The first-order valence-electron chi connectivity index (χ1n) is 10.6.